The van der Waals surface area contributed by atoms with Gasteiger partial charge in [-0.15, -0.1) is 0 Å². The van der Waals surface area contributed by atoms with Gasteiger partial charge in [0.15, 0.2) is 0 Å². The van der Waals surface area contributed by atoms with E-state index in [-0.39, 0.29) is 0 Å². The number of nitrogens with zero attached hydrogens (tertiary/aromatic N) is 4. The van der Waals surface area contributed by atoms with Crippen LogP contribution in [0.1, 0.15) is 12.8 Å². The molecule has 19 heavy (non-hydrogen) atoms. The van der Waals surface area contributed by atoms with E-state index in [1.807, 2.05) is 18.6 Å². The number of piperidine rings is 1. The number of rotatable bonds is 1. The van der Waals surface area contributed by atoms with Crippen molar-refractivity contribution in [2.45, 2.75) is 12.8 Å². The molecule has 4 heterocycles. The second-order valence-electron chi connectivity index (χ2n) is 4.81. The Morgan fingerprint density at radius 2 is 2.05 bits per heavy atom. The van der Waals surface area contributed by atoms with Crippen molar-refractivity contribution in [1.82, 2.24) is 19.6 Å². The zero-order valence-electron chi connectivity index (χ0n) is 10.3. The standard InChI is InChI=1S/C13H13N5O/c19-9-2-5-17(6-3-9)18-8-16-11-7-15-13-10(12(11)18)1-4-14-13/h1,4,7-8H,2-3,5-6H2,(H,14,15). The molecule has 0 aliphatic carbocycles. The molecule has 0 aromatic carbocycles. The second kappa shape index (κ2) is 3.81. The summed E-state index contributed by atoms with van der Waals surface area (Å²) in [6, 6.07) is 2.01. The van der Waals surface area contributed by atoms with Crippen molar-refractivity contribution in [3.05, 3.63) is 24.8 Å². The van der Waals surface area contributed by atoms with Gasteiger partial charge >= 0.3 is 0 Å². The van der Waals surface area contributed by atoms with E-state index in [2.05, 4.69) is 24.6 Å². The minimum absolute atomic E-state index is 0.342. The molecule has 6 heteroatoms. The predicted octanol–water partition coefficient (Wildman–Crippen LogP) is 1.21. The van der Waals surface area contributed by atoms with Gasteiger partial charge in [0, 0.05) is 37.5 Å². The number of nitrogens with one attached hydrogen (secondary N) is 1. The van der Waals surface area contributed by atoms with Gasteiger partial charge in [-0.3, -0.25) is 4.79 Å². The normalized spacial score (nSPS) is 16.6. The van der Waals surface area contributed by atoms with Crippen LogP contribution in [0.15, 0.2) is 24.8 Å². The highest BCUT2D eigenvalue weighted by molar-refractivity contribution is 6.01. The number of hydrogen-bond donors (Lipinski definition) is 1. The monoisotopic (exact) mass is 255 g/mol. The Kier molecular flexibility index (Phi) is 2.11. The molecule has 0 atom stereocenters. The lowest BCUT2D eigenvalue weighted by Gasteiger charge is -2.29. The summed E-state index contributed by atoms with van der Waals surface area (Å²) in [7, 11) is 0. The summed E-state index contributed by atoms with van der Waals surface area (Å²) in [5.74, 6) is 0.342. The summed E-state index contributed by atoms with van der Waals surface area (Å²) in [5.41, 5.74) is 2.80. The Labute approximate surface area is 109 Å². The molecule has 1 N–H and O–H groups in total. The predicted molar refractivity (Wildman–Crippen MR) is 71.6 cm³/mol. The Hall–Kier alpha value is -2.37. The maximum Gasteiger partial charge on any atom is 0.139 e. The summed E-state index contributed by atoms with van der Waals surface area (Å²) >= 11 is 0. The fraction of sp³-hybridized carbons (Fsp3) is 0.308. The maximum absolute atomic E-state index is 11.3. The summed E-state index contributed by atoms with van der Waals surface area (Å²) in [5, 5.41) is 3.23. The topological polar surface area (TPSA) is 66.8 Å². The molecule has 1 saturated heterocycles. The number of Topliss-reactive ketones (excluding diaryl/α,β-unsaturated/α-hetero) is 1. The quantitative estimate of drug-likeness (QED) is 0.710. The maximum atomic E-state index is 11.3. The highest BCUT2D eigenvalue weighted by Crippen LogP contribution is 2.23. The lowest BCUT2D eigenvalue weighted by molar-refractivity contribution is -0.119. The molecule has 0 bridgehead atoms. The van der Waals surface area contributed by atoms with Crippen LogP contribution in [-0.2, 0) is 4.79 Å². The summed E-state index contributed by atoms with van der Waals surface area (Å²) in [6.07, 6.45) is 6.70. The Morgan fingerprint density at radius 1 is 1.21 bits per heavy atom. The third-order valence-electron chi connectivity index (χ3n) is 3.68. The van der Waals surface area contributed by atoms with Crippen LogP contribution >= 0.6 is 0 Å². The van der Waals surface area contributed by atoms with Gasteiger partial charge in [0.05, 0.1) is 6.20 Å². The van der Waals surface area contributed by atoms with E-state index in [4.69, 9.17) is 0 Å². The third kappa shape index (κ3) is 1.53. The van der Waals surface area contributed by atoms with Gasteiger partial charge in [-0.1, -0.05) is 0 Å². The van der Waals surface area contributed by atoms with Gasteiger partial charge in [-0.25, -0.2) is 14.6 Å². The number of aromatic nitrogens is 4. The number of imidazole rings is 1. The molecular weight excluding hydrogens is 242 g/mol. The summed E-state index contributed by atoms with van der Waals surface area (Å²) in [6.45, 7) is 1.50. The molecule has 0 unspecified atom stereocenters. The number of carbonyl (C=O) groups excluding carboxylic acids is 1. The molecule has 0 radical (unpaired) electrons. The molecule has 0 spiro atoms. The molecule has 1 aliphatic rings. The molecule has 3 aromatic rings. The number of ketones is 1. The van der Waals surface area contributed by atoms with E-state index in [0.717, 1.165) is 35.2 Å². The van der Waals surface area contributed by atoms with Gasteiger partial charge in [0.2, 0.25) is 0 Å². The van der Waals surface area contributed by atoms with Crippen LogP contribution in [-0.4, -0.2) is 38.5 Å². The number of fused-ring (bicyclic) bond motifs is 3. The first-order valence-electron chi connectivity index (χ1n) is 6.39. The van der Waals surface area contributed by atoms with Crippen molar-refractivity contribution < 1.29 is 4.79 Å². The number of H-pyrrole nitrogens is 1. The van der Waals surface area contributed by atoms with Crippen LogP contribution < -0.4 is 5.01 Å². The lowest BCUT2D eigenvalue weighted by atomic mass is 10.1. The van der Waals surface area contributed by atoms with Crippen LogP contribution in [0.25, 0.3) is 22.1 Å². The van der Waals surface area contributed by atoms with Gasteiger partial charge in [0.25, 0.3) is 0 Å². The largest absolute Gasteiger partial charge is 0.346 e. The fourth-order valence-corrected chi connectivity index (χ4v) is 2.67. The summed E-state index contributed by atoms with van der Waals surface area (Å²) in [4.78, 5) is 23.2. The minimum atomic E-state index is 0.342. The van der Waals surface area contributed by atoms with Gasteiger partial charge in [0.1, 0.15) is 28.8 Å². The first-order chi connectivity index (χ1) is 9.33. The van der Waals surface area contributed by atoms with E-state index in [0.29, 0.717) is 18.6 Å². The van der Waals surface area contributed by atoms with Crippen LogP contribution in [0, 0.1) is 0 Å². The SMILES string of the molecule is O=C1CCN(n2cnc3cnc4[nH]ccc4c32)CC1. The molecule has 3 aromatic heterocycles. The Bertz CT molecular complexity index is 762. The smallest absolute Gasteiger partial charge is 0.139 e. The lowest BCUT2D eigenvalue weighted by Crippen LogP contribution is -2.41. The van der Waals surface area contributed by atoms with Crippen LogP contribution in [0.3, 0.4) is 0 Å². The number of pyridine rings is 1. The molecular formula is C13H13N5O. The average molecular weight is 255 g/mol. The fourth-order valence-electron chi connectivity index (χ4n) is 2.67. The number of hydrogen-bond acceptors (Lipinski definition) is 4. The molecule has 96 valence electrons. The van der Waals surface area contributed by atoms with Crippen LogP contribution in [0.2, 0.25) is 0 Å². The molecule has 1 fully saturated rings. The average Bonchev–Trinajstić information content (AvgIpc) is 3.04. The molecule has 1 aliphatic heterocycles. The zero-order valence-corrected chi connectivity index (χ0v) is 10.3. The van der Waals surface area contributed by atoms with Crippen LogP contribution in [0.5, 0.6) is 0 Å². The number of carbonyl (C=O) groups is 1. The highest BCUT2D eigenvalue weighted by Gasteiger charge is 2.19. The molecule has 0 saturated carbocycles. The van der Waals surface area contributed by atoms with Crippen molar-refractivity contribution in [2.24, 2.45) is 0 Å². The van der Waals surface area contributed by atoms with Crippen molar-refractivity contribution >= 4 is 27.9 Å². The van der Waals surface area contributed by atoms with Crippen molar-refractivity contribution in [3.8, 4) is 0 Å². The Morgan fingerprint density at radius 3 is 2.89 bits per heavy atom. The molecule has 6 nitrogen and oxygen atoms in total. The third-order valence-corrected chi connectivity index (χ3v) is 3.68. The Balaban J connectivity index is 1.89. The van der Waals surface area contributed by atoms with Crippen LogP contribution in [0.4, 0.5) is 0 Å². The molecule has 4 rings (SSSR count). The van der Waals surface area contributed by atoms with Crippen molar-refractivity contribution in [3.63, 3.8) is 0 Å². The van der Waals surface area contributed by atoms with Crippen molar-refractivity contribution in [1.29, 1.82) is 0 Å². The first-order valence-corrected chi connectivity index (χ1v) is 6.39. The van der Waals surface area contributed by atoms with Gasteiger partial charge in [-0.05, 0) is 6.07 Å². The van der Waals surface area contributed by atoms with Gasteiger partial charge in [-0.2, -0.15) is 0 Å². The molecule has 0 amide bonds. The summed E-state index contributed by atoms with van der Waals surface area (Å²) < 4.78 is 2.06. The zero-order chi connectivity index (χ0) is 12.8. The number of aromatic amines is 1. The highest BCUT2D eigenvalue weighted by atomic mass is 16.1. The van der Waals surface area contributed by atoms with Gasteiger partial charge < -0.3 is 9.99 Å². The van der Waals surface area contributed by atoms with E-state index in [9.17, 15) is 4.79 Å². The van der Waals surface area contributed by atoms with E-state index >= 15 is 0 Å². The van der Waals surface area contributed by atoms with E-state index in [1.54, 1.807) is 6.20 Å². The second-order valence-corrected chi connectivity index (χ2v) is 4.81. The first kappa shape index (κ1) is 10.5. The van der Waals surface area contributed by atoms with Crippen molar-refractivity contribution in [2.75, 3.05) is 18.1 Å². The van der Waals surface area contributed by atoms with E-state index in [1.165, 1.54) is 0 Å². The minimum Gasteiger partial charge on any atom is -0.346 e. The van der Waals surface area contributed by atoms with E-state index < -0.39 is 0 Å².